The lowest BCUT2D eigenvalue weighted by Gasteiger charge is -2.38. The highest BCUT2D eigenvalue weighted by Gasteiger charge is 2.34. The Morgan fingerprint density at radius 3 is 2.92 bits per heavy atom. The Morgan fingerprint density at radius 2 is 2.12 bits per heavy atom. The van der Waals surface area contributed by atoms with Gasteiger partial charge >= 0.3 is 0 Å². The molecule has 1 aromatic carbocycles. The topological polar surface area (TPSA) is 54.9 Å². The Morgan fingerprint density at radius 1 is 1.29 bits per heavy atom. The van der Waals surface area contributed by atoms with E-state index in [0.717, 1.165) is 16.4 Å². The molecule has 3 heterocycles. The molecule has 1 fully saturated rings. The van der Waals surface area contributed by atoms with E-state index >= 15 is 0 Å². The van der Waals surface area contributed by atoms with E-state index in [1.165, 1.54) is 0 Å². The minimum absolute atomic E-state index is 0.0388. The summed E-state index contributed by atoms with van der Waals surface area (Å²) in [5, 5.41) is 3.00. The number of anilines is 1. The van der Waals surface area contributed by atoms with Gasteiger partial charge in [0, 0.05) is 24.7 Å². The molecule has 6 nitrogen and oxygen atoms in total. The average Bonchev–Trinajstić information content (AvgIpc) is 3.15. The minimum Gasteiger partial charge on any atom is -0.477 e. The predicted octanol–water partition coefficient (Wildman–Crippen LogP) is 1.77. The largest absolute Gasteiger partial charge is 0.477 e. The molecule has 0 spiro atoms. The third-order valence-electron chi connectivity index (χ3n) is 4.27. The van der Waals surface area contributed by atoms with Gasteiger partial charge in [-0.1, -0.05) is 12.1 Å². The molecule has 24 heavy (non-hydrogen) atoms. The smallest absolute Gasteiger partial charge is 0.265 e. The van der Waals surface area contributed by atoms with E-state index in [1.807, 2.05) is 40.7 Å². The number of para-hydroxylation sites is 2. The number of rotatable bonds is 3. The van der Waals surface area contributed by atoms with Crippen molar-refractivity contribution in [2.45, 2.75) is 12.6 Å². The molecule has 0 bridgehead atoms. The summed E-state index contributed by atoms with van der Waals surface area (Å²) < 4.78 is 11.3. The lowest BCUT2D eigenvalue weighted by atomic mass is 10.1. The summed E-state index contributed by atoms with van der Waals surface area (Å²) in [7, 11) is 0. The van der Waals surface area contributed by atoms with Crippen LogP contribution < -0.4 is 9.64 Å². The maximum atomic E-state index is 12.8. The zero-order valence-electron chi connectivity index (χ0n) is 13.3. The highest BCUT2D eigenvalue weighted by atomic mass is 32.1. The molecule has 1 saturated heterocycles. The molecule has 0 saturated carbocycles. The zero-order chi connectivity index (χ0) is 16.4. The van der Waals surface area contributed by atoms with Crippen molar-refractivity contribution in [2.75, 3.05) is 37.7 Å². The summed E-state index contributed by atoms with van der Waals surface area (Å²) in [6, 6.07) is 7.87. The lowest BCUT2D eigenvalue weighted by molar-refractivity contribution is -0.142. The highest BCUT2D eigenvalue weighted by molar-refractivity contribution is 7.09. The molecule has 126 valence electrons. The number of thiazole rings is 1. The van der Waals surface area contributed by atoms with Crippen LogP contribution in [0.25, 0.3) is 0 Å². The van der Waals surface area contributed by atoms with E-state index < -0.39 is 6.10 Å². The molecule has 0 aliphatic carbocycles. The van der Waals surface area contributed by atoms with Gasteiger partial charge in [0.1, 0.15) is 10.8 Å². The van der Waals surface area contributed by atoms with E-state index in [4.69, 9.17) is 9.47 Å². The van der Waals surface area contributed by atoms with E-state index in [1.54, 1.807) is 11.3 Å². The Kier molecular flexibility index (Phi) is 4.36. The summed E-state index contributed by atoms with van der Waals surface area (Å²) in [5.74, 6) is 0.795. The van der Waals surface area contributed by atoms with Gasteiger partial charge in [0.15, 0.2) is 6.10 Å². The van der Waals surface area contributed by atoms with Gasteiger partial charge in [0.25, 0.3) is 5.91 Å². The number of ether oxygens (including phenoxy) is 2. The summed E-state index contributed by atoms with van der Waals surface area (Å²) in [6.45, 7) is 3.67. The molecule has 7 heteroatoms. The third kappa shape index (κ3) is 3.09. The van der Waals surface area contributed by atoms with E-state index in [-0.39, 0.29) is 5.91 Å². The predicted molar refractivity (Wildman–Crippen MR) is 91.4 cm³/mol. The Balaban J connectivity index is 1.56. The van der Waals surface area contributed by atoms with Crippen molar-refractivity contribution in [3.63, 3.8) is 0 Å². The van der Waals surface area contributed by atoms with Crippen molar-refractivity contribution in [1.82, 2.24) is 9.88 Å². The molecular weight excluding hydrogens is 326 g/mol. The van der Waals surface area contributed by atoms with Crippen LogP contribution in [0.1, 0.15) is 5.01 Å². The van der Waals surface area contributed by atoms with Crippen LogP contribution in [0.3, 0.4) is 0 Å². The van der Waals surface area contributed by atoms with Crippen LogP contribution in [-0.4, -0.2) is 54.7 Å². The molecule has 1 atom stereocenters. The molecule has 2 aliphatic rings. The minimum atomic E-state index is -0.488. The Labute approximate surface area is 144 Å². The number of carbonyl (C=O) groups is 1. The monoisotopic (exact) mass is 345 g/mol. The maximum absolute atomic E-state index is 12.8. The molecule has 2 aromatic rings. The van der Waals surface area contributed by atoms with Crippen molar-refractivity contribution in [1.29, 1.82) is 0 Å². The third-order valence-corrected chi connectivity index (χ3v) is 5.03. The molecular formula is C17H19N3O3S. The fourth-order valence-electron chi connectivity index (χ4n) is 3.07. The second kappa shape index (κ2) is 6.78. The number of fused-ring (bicyclic) bond motifs is 1. The van der Waals surface area contributed by atoms with E-state index in [2.05, 4.69) is 9.88 Å². The fraction of sp³-hybridized carbons (Fsp3) is 0.412. The highest BCUT2D eigenvalue weighted by Crippen LogP contribution is 2.34. The number of amides is 1. The summed E-state index contributed by atoms with van der Waals surface area (Å²) in [4.78, 5) is 21.2. The number of carbonyl (C=O) groups excluding carboxylic acids is 1. The average molecular weight is 345 g/mol. The van der Waals surface area contributed by atoms with Crippen LogP contribution in [0.15, 0.2) is 35.8 Å². The summed E-state index contributed by atoms with van der Waals surface area (Å²) >= 11 is 1.62. The maximum Gasteiger partial charge on any atom is 0.265 e. The van der Waals surface area contributed by atoms with E-state index in [0.29, 0.717) is 39.4 Å². The second-order valence-corrected chi connectivity index (χ2v) is 6.80. The van der Waals surface area contributed by atoms with Crippen molar-refractivity contribution in [3.8, 4) is 5.75 Å². The van der Waals surface area contributed by atoms with Gasteiger partial charge in [-0.15, -0.1) is 11.3 Å². The number of benzene rings is 1. The lowest BCUT2D eigenvalue weighted by Crippen LogP contribution is -2.52. The second-order valence-electron chi connectivity index (χ2n) is 5.82. The Bertz CT molecular complexity index is 701. The first-order chi connectivity index (χ1) is 11.8. The van der Waals surface area contributed by atoms with Gasteiger partial charge < -0.3 is 19.3 Å². The van der Waals surface area contributed by atoms with Gasteiger partial charge in [0.2, 0.25) is 0 Å². The van der Waals surface area contributed by atoms with Gasteiger partial charge in [-0.2, -0.15) is 0 Å². The van der Waals surface area contributed by atoms with Crippen molar-refractivity contribution >= 4 is 22.9 Å². The molecule has 0 unspecified atom stereocenters. The van der Waals surface area contributed by atoms with Crippen molar-refractivity contribution in [3.05, 3.63) is 40.8 Å². The number of hydrogen-bond donors (Lipinski definition) is 0. The van der Waals surface area contributed by atoms with Gasteiger partial charge in [-0.3, -0.25) is 4.79 Å². The molecule has 1 amide bonds. The molecule has 0 radical (unpaired) electrons. The fourth-order valence-corrected chi connectivity index (χ4v) is 3.70. The Hall–Kier alpha value is -2.12. The normalized spacial score (nSPS) is 20.4. The van der Waals surface area contributed by atoms with Gasteiger partial charge in [0.05, 0.1) is 32.0 Å². The first-order valence-electron chi connectivity index (χ1n) is 8.07. The van der Waals surface area contributed by atoms with E-state index in [9.17, 15) is 4.79 Å². The van der Waals surface area contributed by atoms with Crippen LogP contribution >= 0.6 is 11.3 Å². The van der Waals surface area contributed by atoms with Gasteiger partial charge in [-0.05, 0) is 12.1 Å². The van der Waals surface area contributed by atoms with Gasteiger partial charge in [-0.25, -0.2) is 4.98 Å². The standard InChI is InChI=1S/C17H19N3O3S/c21-17(19-6-8-22-9-7-19)15-11-20(12-16-18-5-10-24-16)13-3-1-2-4-14(13)23-15/h1-5,10,15H,6-9,11-12H2/t15-/m1/s1. The van der Waals surface area contributed by atoms with Crippen molar-refractivity contribution in [2.24, 2.45) is 0 Å². The number of morpholine rings is 1. The van der Waals surface area contributed by atoms with Crippen LogP contribution in [0.4, 0.5) is 5.69 Å². The quantitative estimate of drug-likeness (QED) is 0.849. The molecule has 1 aromatic heterocycles. The number of nitrogens with zero attached hydrogens (tertiary/aromatic N) is 3. The summed E-state index contributed by atoms with van der Waals surface area (Å²) in [5.41, 5.74) is 1.01. The first kappa shape index (κ1) is 15.4. The van der Waals surface area contributed by atoms with Crippen LogP contribution in [-0.2, 0) is 16.1 Å². The molecule has 4 rings (SSSR count). The summed E-state index contributed by atoms with van der Waals surface area (Å²) in [6.07, 6.45) is 1.32. The van der Waals surface area contributed by atoms with Crippen molar-refractivity contribution < 1.29 is 14.3 Å². The number of aromatic nitrogens is 1. The number of hydrogen-bond acceptors (Lipinski definition) is 6. The zero-order valence-corrected chi connectivity index (χ0v) is 14.1. The first-order valence-corrected chi connectivity index (χ1v) is 8.95. The van der Waals surface area contributed by atoms with Crippen LogP contribution in [0.2, 0.25) is 0 Å². The van der Waals surface area contributed by atoms with Crippen LogP contribution in [0.5, 0.6) is 5.75 Å². The van der Waals surface area contributed by atoms with Crippen LogP contribution in [0, 0.1) is 0 Å². The SMILES string of the molecule is O=C([C@H]1CN(Cc2nccs2)c2ccccc2O1)N1CCOCC1. The molecule has 2 aliphatic heterocycles. The molecule has 0 N–H and O–H groups in total.